The Labute approximate surface area is 141 Å². The lowest BCUT2D eigenvalue weighted by Crippen LogP contribution is -1.96. The van der Waals surface area contributed by atoms with E-state index in [2.05, 4.69) is 17.0 Å². The highest BCUT2D eigenvalue weighted by Crippen LogP contribution is 2.14. The van der Waals surface area contributed by atoms with Crippen LogP contribution in [0.25, 0.3) is 0 Å². The number of para-hydroxylation sites is 1. The molecule has 124 valence electrons. The topological polar surface area (TPSA) is 65.0 Å². The molecular formula is C18H17NO4S. The highest BCUT2D eigenvalue weighted by atomic mass is 32.2. The Hall–Kier alpha value is -2.78. The largest absolute Gasteiger partial charge is 0.496 e. The Morgan fingerprint density at radius 2 is 1.96 bits per heavy atom. The summed E-state index contributed by atoms with van der Waals surface area (Å²) in [4.78, 5) is 5.32. The number of benzene rings is 2. The van der Waals surface area contributed by atoms with E-state index in [9.17, 15) is 8.42 Å². The van der Waals surface area contributed by atoms with Crippen molar-refractivity contribution < 1.29 is 18.0 Å². The third kappa shape index (κ3) is 5.14. The first-order valence-electron chi connectivity index (χ1n) is 7.08. The van der Waals surface area contributed by atoms with Crippen molar-refractivity contribution in [1.82, 2.24) is 0 Å². The van der Waals surface area contributed by atoms with Gasteiger partial charge in [-0.3, -0.25) is 0 Å². The minimum Gasteiger partial charge on any atom is -0.496 e. The summed E-state index contributed by atoms with van der Waals surface area (Å²) in [5.74, 6) is 6.33. The number of hydrogen-bond acceptors (Lipinski definition) is 5. The number of sulfone groups is 1. The molecule has 0 aromatic heterocycles. The summed E-state index contributed by atoms with van der Waals surface area (Å²) in [6.07, 6.45) is 2.71. The van der Waals surface area contributed by atoms with Gasteiger partial charge in [-0.25, -0.2) is 8.42 Å². The van der Waals surface area contributed by atoms with Gasteiger partial charge in [0.05, 0.1) is 18.2 Å². The van der Waals surface area contributed by atoms with Gasteiger partial charge in [0.15, 0.2) is 16.4 Å². The molecule has 0 N–H and O–H groups in total. The summed E-state index contributed by atoms with van der Waals surface area (Å²) in [7, 11) is -1.65. The average Bonchev–Trinajstić information content (AvgIpc) is 2.58. The molecule has 0 fully saturated rings. The van der Waals surface area contributed by atoms with E-state index in [1.807, 2.05) is 24.3 Å². The molecule has 2 aromatic carbocycles. The third-order valence-corrected chi connectivity index (χ3v) is 4.15. The summed E-state index contributed by atoms with van der Waals surface area (Å²) in [5.41, 5.74) is 1.41. The Balaban J connectivity index is 1.94. The minimum absolute atomic E-state index is 0.0920. The van der Waals surface area contributed by atoms with Gasteiger partial charge >= 0.3 is 0 Å². The van der Waals surface area contributed by atoms with Crippen molar-refractivity contribution in [2.75, 3.05) is 20.0 Å². The van der Waals surface area contributed by atoms with Crippen molar-refractivity contribution in [2.24, 2.45) is 5.16 Å². The molecule has 0 unspecified atom stereocenters. The molecule has 0 saturated heterocycles. The Morgan fingerprint density at radius 1 is 1.17 bits per heavy atom. The van der Waals surface area contributed by atoms with E-state index < -0.39 is 9.84 Å². The van der Waals surface area contributed by atoms with Gasteiger partial charge in [0.2, 0.25) is 0 Å². The van der Waals surface area contributed by atoms with E-state index >= 15 is 0 Å². The van der Waals surface area contributed by atoms with Crippen LogP contribution >= 0.6 is 0 Å². The number of rotatable bonds is 5. The molecular weight excluding hydrogens is 326 g/mol. The van der Waals surface area contributed by atoms with Crippen LogP contribution in [0.2, 0.25) is 0 Å². The zero-order valence-electron chi connectivity index (χ0n) is 13.4. The molecule has 0 atom stereocenters. The smallest absolute Gasteiger partial charge is 0.177 e. The van der Waals surface area contributed by atoms with Gasteiger partial charge in [-0.05, 0) is 30.3 Å². The van der Waals surface area contributed by atoms with Crippen LogP contribution < -0.4 is 4.74 Å². The first kappa shape index (κ1) is 17.6. The second-order valence-corrected chi connectivity index (χ2v) is 6.87. The molecule has 0 saturated carbocycles. The van der Waals surface area contributed by atoms with E-state index in [1.54, 1.807) is 25.5 Å². The lowest BCUT2D eigenvalue weighted by molar-refractivity contribution is 0.181. The van der Waals surface area contributed by atoms with Crippen LogP contribution in [0.3, 0.4) is 0 Å². The van der Waals surface area contributed by atoms with E-state index in [-0.39, 0.29) is 11.5 Å². The number of hydrogen-bond donors (Lipinski definition) is 0. The zero-order chi connectivity index (χ0) is 17.4. The van der Waals surface area contributed by atoms with Crippen molar-refractivity contribution in [3.8, 4) is 17.6 Å². The Bertz CT molecular complexity index is 892. The van der Waals surface area contributed by atoms with Crippen LogP contribution in [0.5, 0.6) is 5.75 Å². The van der Waals surface area contributed by atoms with Crippen LogP contribution in [-0.2, 0) is 14.7 Å². The van der Waals surface area contributed by atoms with Gasteiger partial charge in [-0.2, -0.15) is 0 Å². The van der Waals surface area contributed by atoms with Crippen LogP contribution in [0, 0.1) is 11.8 Å². The van der Waals surface area contributed by atoms with E-state index in [0.717, 1.165) is 11.8 Å². The van der Waals surface area contributed by atoms with E-state index in [1.165, 1.54) is 12.1 Å². The number of methoxy groups -OCH3 is 1. The summed E-state index contributed by atoms with van der Waals surface area (Å²) in [5, 5.41) is 3.83. The minimum atomic E-state index is -3.24. The van der Waals surface area contributed by atoms with Crippen LogP contribution in [0.4, 0.5) is 0 Å². The molecule has 0 aliphatic rings. The molecule has 0 amide bonds. The predicted molar refractivity (Wildman–Crippen MR) is 93.0 cm³/mol. The molecule has 0 heterocycles. The van der Waals surface area contributed by atoms with Gasteiger partial charge in [0.25, 0.3) is 0 Å². The molecule has 2 aromatic rings. The first-order chi connectivity index (χ1) is 11.5. The molecule has 2 rings (SSSR count). The SMILES string of the molecule is COc1ccccc1/C=N/OCC#Cc1cccc(S(C)(=O)=O)c1. The summed E-state index contributed by atoms with van der Waals surface area (Å²) in [6, 6.07) is 13.9. The molecule has 24 heavy (non-hydrogen) atoms. The van der Waals surface area contributed by atoms with Crippen LogP contribution in [0.15, 0.2) is 58.6 Å². The lowest BCUT2D eigenvalue weighted by Gasteiger charge is -2.02. The maximum absolute atomic E-state index is 11.5. The Morgan fingerprint density at radius 3 is 2.71 bits per heavy atom. The molecule has 0 aliphatic heterocycles. The van der Waals surface area contributed by atoms with E-state index in [4.69, 9.17) is 9.57 Å². The molecule has 5 nitrogen and oxygen atoms in total. The summed E-state index contributed by atoms with van der Waals surface area (Å²) >= 11 is 0. The number of oxime groups is 1. The fourth-order valence-electron chi connectivity index (χ4n) is 1.88. The Kier molecular flexibility index (Phi) is 5.99. The number of nitrogens with zero attached hydrogens (tertiary/aromatic N) is 1. The molecule has 0 spiro atoms. The molecule has 0 aliphatic carbocycles. The average molecular weight is 343 g/mol. The maximum atomic E-state index is 11.5. The second-order valence-electron chi connectivity index (χ2n) is 4.85. The van der Waals surface area contributed by atoms with Crippen molar-refractivity contribution in [3.05, 3.63) is 59.7 Å². The van der Waals surface area contributed by atoms with Gasteiger partial charge in [-0.1, -0.05) is 35.2 Å². The molecule has 0 bridgehead atoms. The highest BCUT2D eigenvalue weighted by molar-refractivity contribution is 7.90. The van der Waals surface area contributed by atoms with Gasteiger partial charge in [-0.15, -0.1) is 0 Å². The van der Waals surface area contributed by atoms with Crippen LogP contribution in [-0.4, -0.2) is 34.6 Å². The van der Waals surface area contributed by atoms with Crippen molar-refractivity contribution in [1.29, 1.82) is 0 Å². The molecule has 0 radical (unpaired) electrons. The normalized spacial score (nSPS) is 10.9. The second kappa shape index (κ2) is 8.18. The fraction of sp³-hybridized carbons (Fsp3) is 0.167. The van der Waals surface area contributed by atoms with Crippen molar-refractivity contribution >= 4 is 16.1 Å². The quantitative estimate of drug-likeness (QED) is 0.362. The summed E-state index contributed by atoms with van der Waals surface area (Å²) < 4.78 is 28.2. The lowest BCUT2D eigenvalue weighted by atomic mass is 10.2. The van der Waals surface area contributed by atoms with E-state index in [0.29, 0.717) is 11.3 Å². The summed E-state index contributed by atoms with van der Waals surface area (Å²) in [6.45, 7) is 0.0920. The highest BCUT2D eigenvalue weighted by Gasteiger charge is 2.05. The van der Waals surface area contributed by atoms with Crippen LogP contribution in [0.1, 0.15) is 11.1 Å². The maximum Gasteiger partial charge on any atom is 0.177 e. The van der Waals surface area contributed by atoms with Crippen molar-refractivity contribution in [2.45, 2.75) is 4.90 Å². The fourth-order valence-corrected chi connectivity index (χ4v) is 2.55. The van der Waals surface area contributed by atoms with Gasteiger partial charge < -0.3 is 9.57 Å². The zero-order valence-corrected chi connectivity index (χ0v) is 14.2. The molecule has 6 heteroatoms. The standard InChI is InChI=1S/C18H17NO4S/c1-22-18-11-4-3-9-16(18)14-19-23-12-6-8-15-7-5-10-17(13-15)24(2,20)21/h3-5,7,9-11,13-14H,12H2,1-2H3/b19-14+. The third-order valence-electron chi connectivity index (χ3n) is 3.04. The first-order valence-corrected chi connectivity index (χ1v) is 8.97. The predicted octanol–water partition coefficient (Wildman–Crippen LogP) is 2.50. The monoisotopic (exact) mass is 343 g/mol. The van der Waals surface area contributed by atoms with Crippen molar-refractivity contribution in [3.63, 3.8) is 0 Å². The van der Waals surface area contributed by atoms with Gasteiger partial charge in [0, 0.05) is 17.4 Å². The van der Waals surface area contributed by atoms with Gasteiger partial charge in [0.1, 0.15) is 5.75 Å². The number of ether oxygens (including phenoxy) is 1.